The van der Waals surface area contributed by atoms with Crippen molar-refractivity contribution < 1.29 is 9.53 Å². The van der Waals surface area contributed by atoms with Crippen molar-refractivity contribution in [2.24, 2.45) is 4.99 Å². The summed E-state index contributed by atoms with van der Waals surface area (Å²) in [4.78, 5) is 33.6. The highest BCUT2D eigenvalue weighted by Gasteiger charge is 2.21. The van der Waals surface area contributed by atoms with Gasteiger partial charge in [0.15, 0.2) is 0 Å². The van der Waals surface area contributed by atoms with Gasteiger partial charge in [0.05, 0.1) is 47.7 Å². The van der Waals surface area contributed by atoms with Crippen molar-refractivity contribution in [3.63, 3.8) is 0 Å². The second-order valence-corrected chi connectivity index (χ2v) is 6.44. The number of methoxy groups -OCH3 is 1. The zero-order valence-corrected chi connectivity index (χ0v) is 16.2. The zero-order valence-electron chi connectivity index (χ0n) is 15.5. The molecule has 2 heterocycles. The number of para-hydroxylation sites is 1. The molecule has 3 aromatic rings. The highest BCUT2D eigenvalue weighted by atomic mass is 35.5. The first-order valence-corrected chi connectivity index (χ1v) is 8.96. The zero-order chi connectivity index (χ0) is 20.1. The standard InChI is InChI=1S/C20H19ClN4O3/c1-13(23-12-14-7-5-6-10-22-14)19-16(11-18(26)28-2)24-25(20(19)27)17-9-4-3-8-15(17)21/h3-10,24H,11-12H2,1-2H3. The number of hydrogen-bond acceptors (Lipinski definition) is 5. The first kappa shape index (κ1) is 19.6. The molecule has 7 nitrogen and oxygen atoms in total. The Balaban J connectivity index is 2.06. The number of carbonyl (C=O) groups excluding carboxylic acids is 1. The molecule has 1 N–H and O–H groups in total. The van der Waals surface area contributed by atoms with Gasteiger partial charge in [0.1, 0.15) is 0 Å². The van der Waals surface area contributed by atoms with Gasteiger partial charge in [-0.05, 0) is 31.2 Å². The molecular weight excluding hydrogens is 380 g/mol. The Bertz CT molecular complexity index is 1070. The molecule has 0 spiro atoms. The smallest absolute Gasteiger partial charge is 0.311 e. The lowest BCUT2D eigenvalue weighted by Crippen LogP contribution is -2.20. The van der Waals surface area contributed by atoms with Crippen LogP contribution in [0.5, 0.6) is 0 Å². The molecule has 3 rings (SSSR count). The SMILES string of the molecule is COC(=O)Cc1[nH]n(-c2ccccc2Cl)c(=O)c1C(C)=NCc1ccccn1. The maximum absolute atomic E-state index is 13.1. The Morgan fingerprint density at radius 2 is 2.00 bits per heavy atom. The monoisotopic (exact) mass is 398 g/mol. The quantitative estimate of drug-likeness (QED) is 0.510. The number of pyridine rings is 1. The van der Waals surface area contributed by atoms with E-state index in [1.165, 1.54) is 11.8 Å². The molecule has 0 aliphatic heterocycles. The molecule has 0 saturated carbocycles. The van der Waals surface area contributed by atoms with Crippen LogP contribution in [-0.4, -0.2) is 33.6 Å². The van der Waals surface area contributed by atoms with Crippen molar-refractivity contribution in [2.75, 3.05) is 7.11 Å². The van der Waals surface area contributed by atoms with Crippen LogP contribution in [0.15, 0.2) is 58.4 Å². The number of carbonyl (C=O) groups is 1. The molecule has 0 bridgehead atoms. The molecule has 28 heavy (non-hydrogen) atoms. The number of H-pyrrole nitrogens is 1. The van der Waals surface area contributed by atoms with Crippen LogP contribution in [0.3, 0.4) is 0 Å². The first-order valence-electron chi connectivity index (χ1n) is 8.58. The molecule has 0 saturated heterocycles. The highest BCUT2D eigenvalue weighted by Crippen LogP contribution is 2.19. The van der Waals surface area contributed by atoms with Gasteiger partial charge in [-0.25, -0.2) is 4.68 Å². The van der Waals surface area contributed by atoms with Gasteiger partial charge in [0.25, 0.3) is 5.56 Å². The average molecular weight is 399 g/mol. The lowest BCUT2D eigenvalue weighted by atomic mass is 10.1. The average Bonchev–Trinajstić information content (AvgIpc) is 3.02. The van der Waals surface area contributed by atoms with E-state index in [1.807, 2.05) is 18.2 Å². The number of esters is 1. The second-order valence-electron chi connectivity index (χ2n) is 6.03. The minimum Gasteiger partial charge on any atom is -0.469 e. The van der Waals surface area contributed by atoms with E-state index < -0.39 is 5.97 Å². The summed E-state index contributed by atoms with van der Waals surface area (Å²) >= 11 is 6.24. The van der Waals surface area contributed by atoms with Crippen molar-refractivity contribution >= 4 is 23.3 Å². The summed E-state index contributed by atoms with van der Waals surface area (Å²) in [6, 6.07) is 12.5. The Kier molecular flexibility index (Phi) is 6.06. The van der Waals surface area contributed by atoms with E-state index in [0.717, 1.165) is 5.69 Å². The van der Waals surface area contributed by atoms with Crippen LogP contribution in [0.1, 0.15) is 23.9 Å². The Hall–Kier alpha value is -3.19. The van der Waals surface area contributed by atoms with Crippen LogP contribution >= 0.6 is 11.6 Å². The largest absolute Gasteiger partial charge is 0.469 e. The number of aromatic amines is 1. The third-order valence-electron chi connectivity index (χ3n) is 4.17. The minimum absolute atomic E-state index is 0.0883. The van der Waals surface area contributed by atoms with Gasteiger partial charge in [0, 0.05) is 11.9 Å². The van der Waals surface area contributed by atoms with Crippen molar-refractivity contribution in [2.45, 2.75) is 19.9 Å². The lowest BCUT2D eigenvalue weighted by molar-refractivity contribution is -0.139. The van der Waals surface area contributed by atoms with E-state index in [2.05, 4.69) is 15.1 Å². The summed E-state index contributed by atoms with van der Waals surface area (Å²) < 4.78 is 6.07. The highest BCUT2D eigenvalue weighted by molar-refractivity contribution is 6.32. The number of rotatable bonds is 6. The van der Waals surface area contributed by atoms with Gasteiger partial charge in [-0.3, -0.25) is 24.7 Å². The summed E-state index contributed by atoms with van der Waals surface area (Å²) in [6.45, 7) is 2.05. The fraction of sp³-hybridized carbons (Fsp3) is 0.200. The number of ether oxygens (including phenoxy) is 1. The maximum Gasteiger partial charge on any atom is 0.311 e. The molecule has 0 atom stereocenters. The van der Waals surface area contributed by atoms with Gasteiger partial charge in [-0.2, -0.15) is 0 Å². The number of hydrogen-bond donors (Lipinski definition) is 1. The minimum atomic E-state index is -0.466. The Labute approximate surface area is 166 Å². The molecule has 0 aliphatic carbocycles. The van der Waals surface area contributed by atoms with Crippen molar-refractivity contribution in [3.8, 4) is 5.69 Å². The van der Waals surface area contributed by atoms with Gasteiger partial charge >= 0.3 is 5.97 Å². The third-order valence-corrected chi connectivity index (χ3v) is 4.49. The van der Waals surface area contributed by atoms with E-state index in [-0.39, 0.29) is 12.0 Å². The predicted molar refractivity (Wildman–Crippen MR) is 107 cm³/mol. The number of nitrogens with zero attached hydrogens (tertiary/aromatic N) is 3. The van der Waals surface area contributed by atoms with E-state index in [0.29, 0.717) is 34.2 Å². The molecule has 0 amide bonds. The van der Waals surface area contributed by atoms with Gasteiger partial charge < -0.3 is 4.74 Å². The lowest BCUT2D eigenvalue weighted by Gasteiger charge is -2.03. The summed E-state index contributed by atoms with van der Waals surface area (Å²) in [5, 5.41) is 3.38. The van der Waals surface area contributed by atoms with Crippen LogP contribution in [0, 0.1) is 0 Å². The third kappa shape index (κ3) is 4.20. The van der Waals surface area contributed by atoms with Crippen molar-refractivity contribution in [1.82, 2.24) is 14.8 Å². The van der Waals surface area contributed by atoms with E-state index >= 15 is 0 Å². The van der Waals surface area contributed by atoms with E-state index in [1.54, 1.807) is 37.4 Å². The summed E-state index contributed by atoms with van der Waals surface area (Å²) in [5.41, 5.74) is 2.16. The second kappa shape index (κ2) is 8.67. The van der Waals surface area contributed by atoms with E-state index in [4.69, 9.17) is 16.3 Å². The van der Waals surface area contributed by atoms with Crippen molar-refractivity contribution in [1.29, 1.82) is 0 Å². The predicted octanol–water partition coefficient (Wildman–Crippen LogP) is 2.94. The fourth-order valence-corrected chi connectivity index (χ4v) is 2.99. The summed E-state index contributed by atoms with van der Waals surface area (Å²) in [5.74, 6) is -0.466. The van der Waals surface area contributed by atoms with Crippen LogP contribution in [0.25, 0.3) is 5.69 Å². The van der Waals surface area contributed by atoms with Crippen molar-refractivity contribution in [3.05, 3.63) is 81.0 Å². The first-order chi connectivity index (χ1) is 13.5. The molecule has 1 aromatic carbocycles. The summed E-state index contributed by atoms with van der Waals surface area (Å²) in [6.07, 6.45) is 1.60. The van der Waals surface area contributed by atoms with Crippen LogP contribution < -0.4 is 5.56 Å². The Morgan fingerprint density at radius 1 is 1.25 bits per heavy atom. The number of aromatic nitrogens is 3. The number of benzene rings is 1. The normalized spacial score (nSPS) is 11.5. The topological polar surface area (TPSA) is 89.3 Å². The van der Waals surface area contributed by atoms with Crippen LogP contribution in [0.2, 0.25) is 5.02 Å². The van der Waals surface area contributed by atoms with Gasteiger partial charge in [-0.15, -0.1) is 0 Å². The molecular formula is C20H19ClN4O3. The molecule has 0 unspecified atom stereocenters. The molecule has 2 aromatic heterocycles. The van der Waals surface area contributed by atoms with Gasteiger partial charge in [-0.1, -0.05) is 29.8 Å². The number of aliphatic imine (C=N–C) groups is 1. The molecule has 0 radical (unpaired) electrons. The van der Waals surface area contributed by atoms with E-state index in [9.17, 15) is 9.59 Å². The number of halogens is 1. The maximum atomic E-state index is 13.1. The molecule has 8 heteroatoms. The van der Waals surface area contributed by atoms with Gasteiger partial charge in [0.2, 0.25) is 0 Å². The number of nitrogens with one attached hydrogen (secondary N) is 1. The Morgan fingerprint density at radius 3 is 2.68 bits per heavy atom. The molecule has 0 fully saturated rings. The molecule has 144 valence electrons. The molecule has 0 aliphatic rings. The van der Waals surface area contributed by atoms with Crippen LogP contribution in [-0.2, 0) is 22.5 Å². The van der Waals surface area contributed by atoms with Crippen LogP contribution in [0.4, 0.5) is 0 Å². The summed E-state index contributed by atoms with van der Waals surface area (Å²) in [7, 11) is 1.30. The fourth-order valence-electron chi connectivity index (χ4n) is 2.77.